The second-order valence-electron chi connectivity index (χ2n) is 5.48. The zero-order valence-corrected chi connectivity index (χ0v) is 15.5. The fourth-order valence-electron chi connectivity index (χ4n) is 2.08. The van der Waals surface area contributed by atoms with Crippen LogP contribution in [0.1, 0.15) is 10.4 Å². The van der Waals surface area contributed by atoms with Crippen LogP contribution < -0.4 is 30.4 Å². The van der Waals surface area contributed by atoms with E-state index in [0.29, 0.717) is 17.2 Å². The smallest absolute Gasteiger partial charge is 0.269 e. The van der Waals surface area contributed by atoms with Gasteiger partial charge in [-0.1, -0.05) is 18.2 Å². The molecule has 0 aliphatic heterocycles. The highest BCUT2D eigenvalue weighted by Crippen LogP contribution is 2.22. The first kappa shape index (κ1) is 20.6. The zero-order chi connectivity index (χ0) is 20.4. The predicted octanol–water partition coefficient (Wildman–Crippen LogP) is 0.660. The second kappa shape index (κ2) is 10.4. The minimum Gasteiger partial charge on any atom is -0.497 e. The van der Waals surface area contributed by atoms with Crippen molar-refractivity contribution in [3.63, 3.8) is 0 Å². The number of rotatable bonds is 8. The molecule has 9 heteroatoms. The summed E-state index contributed by atoms with van der Waals surface area (Å²) in [5.74, 6) is -0.227. The van der Waals surface area contributed by atoms with Gasteiger partial charge in [0.25, 0.3) is 17.7 Å². The van der Waals surface area contributed by atoms with E-state index in [2.05, 4.69) is 16.2 Å². The molecule has 2 aromatic carbocycles. The van der Waals surface area contributed by atoms with Crippen molar-refractivity contribution in [3.05, 3.63) is 54.1 Å². The van der Waals surface area contributed by atoms with Gasteiger partial charge in [0, 0.05) is 11.6 Å². The van der Waals surface area contributed by atoms with E-state index in [4.69, 9.17) is 14.2 Å². The molecule has 0 radical (unpaired) electrons. The van der Waals surface area contributed by atoms with Gasteiger partial charge in [0.05, 0.1) is 20.8 Å². The lowest BCUT2D eigenvalue weighted by Crippen LogP contribution is -2.46. The summed E-state index contributed by atoms with van der Waals surface area (Å²) in [6, 6.07) is 13.4. The van der Waals surface area contributed by atoms with Gasteiger partial charge < -0.3 is 19.5 Å². The predicted molar refractivity (Wildman–Crippen MR) is 100 cm³/mol. The maximum Gasteiger partial charge on any atom is 0.269 e. The molecule has 0 aliphatic carbocycles. The van der Waals surface area contributed by atoms with Gasteiger partial charge in [0.1, 0.15) is 17.2 Å². The minimum atomic E-state index is -0.601. The Bertz CT molecular complexity index is 803. The summed E-state index contributed by atoms with van der Waals surface area (Å²) in [5, 5.41) is 2.39. The van der Waals surface area contributed by atoms with E-state index in [1.54, 1.807) is 30.3 Å². The number of para-hydroxylation sites is 1. The largest absolute Gasteiger partial charge is 0.497 e. The van der Waals surface area contributed by atoms with Crippen molar-refractivity contribution in [1.29, 1.82) is 0 Å². The van der Waals surface area contributed by atoms with Gasteiger partial charge in [-0.25, -0.2) is 0 Å². The topological polar surface area (TPSA) is 115 Å². The van der Waals surface area contributed by atoms with Crippen molar-refractivity contribution in [1.82, 2.24) is 16.2 Å². The number of benzene rings is 2. The van der Waals surface area contributed by atoms with Crippen LogP contribution in [0.4, 0.5) is 0 Å². The number of ether oxygens (including phenoxy) is 3. The fourth-order valence-corrected chi connectivity index (χ4v) is 2.08. The first-order valence-electron chi connectivity index (χ1n) is 8.28. The molecule has 0 aromatic heterocycles. The maximum absolute atomic E-state index is 12.1. The molecule has 148 valence electrons. The first-order valence-corrected chi connectivity index (χ1v) is 8.28. The molecule has 0 spiro atoms. The highest BCUT2D eigenvalue weighted by Gasteiger charge is 2.12. The Morgan fingerprint density at radius 3 is 2.07 bits per heavy atom. The molecule has 2 aromatic rings. The van der Waals surface area contributed by atoms with Crippen LogP contribution in [0.3, 0.4) is 0 Å². The number of amides is 3. The normalized spacial score (nSPS) is 9.79. The van der Waals surface area contributed by atoms with Gasteiger partial charge in [0.2, 0.25) is 0 Å². The third-order valence-electron chi connectivity index (χ3n) is 3.49. The second-order valence-corrected chi connectivity index (χ2v) is 5.48. The molecule has 0 aliphatic rings. The lowest BCUT2D eigenvalue weighted by Gasteiger charge is -2.11. The fraction of sp³-hybridized carbons (Fsp3) is 0.211. The number of nitrogens with one attached hydrogen (secondary N) is 3. The minimum absolute atomic E-state index is 0.229. The van der Waals surface area contributed by atoms with Crippen LogP contribution >= 0.6 is 0 Å². The lowest BCUT2D eigenvalue weighted by atomic mass is 10.2. The van der Waals surface area contributed by atoms with Crippen molar-refractivity contribution in [2.75, 3.05) is 27.4 Å². The van der Waals surface area contributed by atoms with E-state index in [-0.39, 0.29) is 18.7 Å². The molecule has 0 unspecified atom stereocenters. The molecule has 0 atom stereocenters. The highest BCUT2D eigenvalue weighted by molar-refractivity contribution is 5.96. The Morgan fingerprint density at radius 1 is 0.821 bits per heavy atom. The SMILES string of the molecule is COc1cc(OC)cc(C(=O)NNC(=O)CNC(=O)COc2ccccc2)c1. The maximum atomic E-state index is 12.1. The highest BCUT2D eigenvalue weighted by atomic mass is 16.5. The summed E-state index contributed by atoms with van der Waals surface area (Å²) >= 11 is 0. The third-order valence-corrected chi connectivity index (χ3v) is 3.49. The summed E-state index contributed by atoms with van der Waals surface area (Å²) in [6.45, 7) is -0.550. The van der Waals surface area contributed by atoms with Gasteiger partial charge in [-0.15, -0.1) is 0 Å². The summed E-state index contributed by atoms with van der Waals surface area (Å²) in [4.78, 5) is 35.6. The van der Waals surface area contributed by atoms with Gasteiger partial charge >= 0.3 is 0 Å². The van der Waals surface area contributed by atoms with Crippen molar-refractivity contribution < 1.29 is 28.6 Å². The standard InChI is InChI=1S/C19H21N3O6/c1-26-15-8-13(9-16(10-15)27-2)19(25)22-21-17(23)11-20-18(24)12-28-14-6-4-3-5-7-14/h3-10H,11-12H2,1-2H3,(H,20,24)(H,21,23)(H,22,25). The number of methoxy groups -OCH3 is 2. The van der Waals surface area contributed by atoms with Crippen LogP contribution in [0, 0.1) is 0 Å². The van der Waals surface area contributed by atoms with Crippen LogP contribution in [0.25, 0.3) is 0 Å². The molecule has 0 fully saturated rings. The van der Waals surface area contributed by atoms with Gasteiger partial charge in [0.15, 0.2) is 6.61 Å². The monoisotopic (exact) mass is 387 g/mol. The molecule has 3 N–H and O–H groups in total. The quantitative estimate of drug-likeness (QED) is 0.573. The molecule has 0 heterocycles. The molecular weight excluding hydrogens is 366 g/mol. The number of carbonyl (C=O) groups is 3. The summed E-state index contributed by atoms with van der Waals surface area (Å²) in [5.41, 5.74) is 4.69. The molecule has 2 rings (SSSR count). The number of hydrazine groups is 1. The Balaban J connectivity index is 1.74. The van der Waals surface area contributed by atoms with Crippen molar-refractivity contribution in [3.8, 4) is 17.2 Å². The number of carbonyl (C=O) groups excluding carboxylic acids is 3. The Morgan fingerprint density at radius 2 is 1.46 bits per heavy atom. The lowest BCUT2D eigenvalue weighted by molar-refractivity contribution is -0.127. The van der Waals surface area contributed by atoms with E-state index in [1.807, 2.05) is 6.07 Å². The number of hydrogen-bond donors (Lipinski definition) is 3. The van der Waals surface area contributed by atoms with Gasteiger partial charge in [-0.2, -0.15) is 0 Å². The van der Waals surface area contributed by atoms with Gasteiger partial charge in [-0.3, -0.25) is 25.2 Å². The average Bonchev–Trinajstić information content (AvgIpc) is 2.74. The van der Waals surface area contributed by atoms with Crippen molar-refractivity contribution >= 4 is 17.7 Å². The third kappa shape index (κ3) is 6.52. The van der Waals surface area contributed by atoms with E-state index in [1.165, 1.54) is 26.4 Å². The van der Waals surface area contributed by atoms with Crippen LogP contribution in [-0.2, 0) is 9.59 Å². The summed E-state index contributed by atoms with van der Waals surface area (Å²) in [6.07, 6.45) is 0. The molecular formula is C19H21N3O6. The Labute approximate surface area is 161 Å². The van der Waals surface area contributed by atoms with E-state index < -0.39 is 17.7 Å². The summed E-state index contributed by atoms with van der Waals surface area (Å²) in [7, 11) is 2.92. The molecule has 0 saturated heterocycles. The molecule has 9 nitrogen and oxygen atoms in total. The van der Waals surface area contributed by atoms with Crippen molar-refractivity contribution in [2.24, 2.45) is 0 Å². The zero-order valence-electron chi connectivity index (χ0n) is 15.5. The Kier molecular flexibility index (Phi) is 7.64. The van der Waals surface area contributed by atoms with Crippen LogP contribution in [0.5, 0.6) is 17.2 Å². The van der Waals surface area contributed by atoms with E-state index >= 15 is 0 Å². The van der Waals surface area contributed by atoms with E-state index in [0.717, 1.165) is 0 Å². The van der Waals surface area contributed by atoms with Crippen molar-refractivity contribution in [2.45, 2.75) is 0 Å². The van der Waals surface area contributed by atoms with Crippen LogP contribution in [0.2, 0.25) is 0 Å². The molecule has 0 bridgehead atoms. The molecule has 3 amide bonds. The first-order chi connectivity index (χ1) is 13.5. The average molecular weight is 387 g/mol. The number of hydrogen-bond acceptors (Lipinski definition) is 6. The molecule has 28 heavy (non-hydrogen) atoms. The van der Waals surface area contributed by atoms with Crippen LogP contribution in [0.15, 0.2) is 48.5 Å². The van der Waals surface area contributed by atoms with E-state index in [9.17, 15) is 14.4 Å². The molecule has 0 saturated carbocycles. The van der Waals surface area contributed by atoms with Crippen LogP contribution in [-0.4, -0.2) is 45.1 Å². The Hall–Kier alpha value is -3.75. The van der Waals surface area contributed by atoms with Gasteiger partial charge in [-0.05, 0) is 24.3 Å². The summed E-state index contributed by atoms with van der Waals surface area (Å²) < 4.78 is 15.4.